The zero-order valence-electron chi connectivity index (χ0n) is 25.6. The van der Waals surface area contributed by atoms with Crippen LogP contribution in [0.3, 0.4) is 0 Å². The van der Waals surface area contributed by atoms with Crippen LogP contribution >= 0.6 is 22.6 Å². The van der Waals surface area contributed by atoms with Crippen LogP contribution in [-0.4, -0.2) is 8.95 Å². The Morgan fingerprint density at radius 3 is 2.68 bits per heavy atom. The number of allylic oxidation sites excluding steroid dienone is 16. The maximum Gasteiger partial charge on any atom is 0.0923 e. The van der Waals surface area contributed by atoms with Crippen molar-refractivity contribution < 1.29 is 0 Å². The van der Waals surface area contributed by atoms with E-state index < -0.39 is 0 Å². The fourth-order valence-corrected chi connectivity index (χ4v) is 9.36. The molecule has 1 saturated heterocycles. The van der Waals surface area contributed by atoms with Crippen LogP contribution in [0.25, 0.3) is 0 Å². The van der Waals surface area contributed by atoms with Gasteiger partial charge >= 0.3 is 0 Å². The summed E-state index contributed by atoms with van der Waals surface area (Å²) in [6.07, 6.45) is 39.2. The van der Waals surface area contributed by atoms with Crippen molar-refractivity contribution in [3.63, 3.8) is 0 Å². The molecule has 1 aliphatic heterocycles. The average molecular weight is 660 g/mol. The van der Waals surface area contributed by atoms with E-state index in [1.807, 2.05) is 0 Å². The first-order valence-electron chi connectivity index (χ1n) is 16.1. The van der Waals surface area contributed by atoms with Crippen LogP contribution < -0.4 is 0 Å². The summed E-state index contributed by atoms with van der Waals surface area (Å²) in [5.41, 5.74) is 8.98. The van der Waals surface area contributed by atoms with Crippen LogP contribution in [0.15, 0.2) is 120 Å². The third-order valence-corrected chi connectivity index (χ3v) is 11.6. The number of rotatable bonds is 8. The minimum absolute atomic E-state index is 0.340. The van der Waals surface area contributed by atoms with Crippen molar-refractivity contribution in [3.8, 4) is 0 Å². The van der Waals surface area contributed by atoms with E-state index in [2.05, 4.69) is 134 Å². The van der Waals surface area contributed by atoms with Crippen LogP contribution in [0.5, 0.6) is 0 Å². The van der Waals surface area contributed by atoms with Crippen LogP contribution in [-0.2, 0) is 0 Å². The van der Waals surface area contributed by atoms with Gasteiger partial charge in [0.25, 0.3) is 0 Å². The first kappa shape index (κ1) is 30.4. The molecular formula is C39H50IN. The van der Waals surface area contributed by atoms with E-state index in [1.165, 1.54) is 69.1 Å². The molecule has 0 aromatic rings. The molecule has 218 valence electrons. The van der Waals surface area contributed by atoms with Gasteiger partial charge in [0.15, 0.2) is 0 Å². The monoisotopic (exact) mass is 659 g/mol. The fourth-order valence-electron chi connectivity index (χ4n) is 7.97. The van der Waals surface area contributed by atoms with Crippen molar-refractivity contribution in [1.29, 1.82) is 0 Å². The Bertz CT molecular complexity index is 1250. The molecule has 0 aromatic carbocycles. The number of nitrogens with zero attached hydrogens (tertiary/aromatic N) is 1. The topological polar surface area (TPSA) is 3.24 Å². The van der Waals surface area contributed by atoms with Crippen molar-refractivity contribution in [2.75, 3.05) is 0 Å². The third-order valence-electron chi connectivity index (χ3n) is 10.3. The molecule has 0 amide bonds. The summed E-state index contributed by atoms with van der Waals surface area (Å²) in [4.78, 5) is 2.57. The standard InChI is InChI=1S/C39H50IN/c1-6-8-11-16-29(5)41-38-26-35(34-25-33(22-21-27(34)3)32-19-14-10-15-20-32)28(4)23-36(38)37(39(41)40)24-30(7-2)31-17-12-9-13-18-31/h6-8,11-12,14,16-17,19-20,24,26,28,31,33,35-37,39H,2,5,9-10,13,15,18,21-23,25H2,1,3-4H3/b8-6-,16-11-,30-24+. The molecule has 1 heterocycles. The molecule has 0 spiro atoms. The van der Waals surface area contributed by atoms with Crippen molar-refractivity contribution >= 4 is 22.6 Å². The van der Waals surface area contributed by atoms with Gasteiger partial charge < -0.3 is 4.90 Å². The zero-order chi connectivity index (χ0) is 28.9. The molecule has 0 aromatic heterocycles. The maximum atomic E-state index is 4.60. The summed E-state index contributed by atoms with van der Waals surface area (Å²) in [7, 11) is 0. The van der Waals surface area contributed by atoms with Crippen molar-refractivity contribution in [1.82, 2.24) is 4.90 Å². The Labute approximate surface area is 264 Å². The highest BCUT2D eigenvalue weighted by molar-refractivity contribution is 14.1. The molecule has 0 saturated carbocycles. The van der Waals surface area contributed by atoms with Crippen LogP contribution in [0.4, 0.5) is 0 Å². The first-order valence-corrected chi connectivity index (χ1v) is 17.4. The van der Waals surface area contributed by atoms with Gasteiger partial charge in [-0.1, -0.05) is 121 Å². The van der Waals surface area contributed by atoms with Crippen LogP contribution in [0.2, 0.25) is 0 Å². The van der Waals surface area contributed by atoms with Crippen LogP contribution in [0, 0.1) is 35.5 Å². The normalized spacial score (nSPS) is 34.3. The highest BCUT2D eigenvalue weighted by atomic mass is 127. The van der Waals surface area contributed by atoms with Gasteiger partial charge in [0, 0.05) is 35.1 Å². The van der Waals surface area contributed by atoms with Gasteiger partial charge in [0.2, 0.25) is 0 Å². The van der Waals surface area contributed by atoms with E-state index >= 15 is 0 Å². The highest BCUT2D eigenvalue weighted by Crippen LogP contribution is 2.54. The second-order valence-electron chi connectivity index (χ2n) is 12.9. The van der Waals surface area contributed by atoms with E-state index in [1.54, 1.807) is 16.7 Å². The summed E-state index contributed by atoms with van der Waals surface area (Å²) in [5.74, 6) is 3.30. The lowest BCUT2D eigenvalue weighted by Gasteiger charge is -2.39. The summed E-state index contributed by atoms with van der Waals surface area (Å²) < 4.78 is 0.340. The Morgan fingerprint density at radius 2 is 1.98 bits per heavy atom. The molecule has 1 fully saturated rings. The predicted octanol–water partition coefficient (Wildman–Crippen LogP) is 11.3. The molecule has 0 bridgehead atoms. The Hall–Kier alpha value is -2.07. The number of halogens is 1. The summed E-state index contributed by atoms with van der Waals surface area (Å²) in [6, 6.07) is 0. The lowest BCUT2D eigenvalue weighted by atomic mass is 9.67. The molecule has 4 aliphatic carbocycles. The average Bonchev–Trinajstić information content (AvgIpc) is 3.26. The lowest BCUT2D eigenvalue weighted by molar-refractivity contribution is 0.310. The van der Waals surface area contributed by atoms with Gasteiger partial charge in [-0.2, -0.15) is 0 Å². The second-order valence-corrected chi connectivity index (χ2v) is 14.2. The Balaban J connectivity index is 1.51. The summed E-state index contributed by atoms with van der Waals surface area (Å²) in [5, 5.41) is 0. The SMILES string of the molecule is C=C/C(=C\C1C2CC(C)C(C3=C(C)CCC(C4=CCCC=C4)C3)C=C2N(C(=C)/C=C\C=C/C)C1I)C1C=CCCC1. The molecule has 7 unspecified atom stereocenters. The van der Waals surface area contributed by atoms with Gasteiger partial charge in [-0.25, -0.2) is 0 Å². The molecule has 0 radical (unpaired) electrons. The molecule has 7 atom stereocenters. The first-order chi connectivity index (χ1) is 19.9. The van der Waals surface area contributed by atoms with Gasteiger partial charge in [0.05, 0.1) is 4.05 Å². The minimum Gasteiger partial charge on any atom is -0.333 e. The van der Waals surface area contributed by atoms with Crippen molar-refractivity contribution in [2.24, 2.45) is 35.5 Å². The number of hydrogen-bond donors (Lipinski definition) is 0. The molecule has 5 aliphatic rings. The van der Waals surface area contributed by atoms with E-state index in [0.29, 0.717) is 39.6 Å². The Kier molecular flexibility index (Phi) is 10.3. The van der Waals surface area contributed by atoms with Crippen molar-refractivity contribution in [3.05, 3.63) is 120 Å². The second kappa shape index (κ2) is 13.9. The summed E-state index contributed by atoms with van der Waals surface area (Å²) in [6.45, 7) is 15.9. The van der Waals surface area contributed by atoms with Gasteiger partial charge in [-0.3, -0.25) is 0 Å². The van der Waals surface area contributed by atoms with E-state index in [0.717, 1.165) is 5.70 Å². The lowest BCUT2D eigenvalue weighted by Crippen LogP contribution is -2.29. The smallest absolute Gasteiger partial charge is 0.0923 e. The number of alkyl halides is 1. The molecule has 5 rings (SSSR count). The number of likely N-dealkylation sites (tertiary alicyclic amines) is 1. The van der Waals surface area contributed by atoms with Crippen LogP contribution in [0.1, 0.15) is 78.6 Å². The molecule has 41 heavy (non-hydrogen) atoms. The quantitative estimate of drug-likeness (QED) is 0.0824. The van der Waals surface area contributed by atoms with E-state index in [9.17, 15) is 0 Å². The van der Waals surface area contributed by atoms with Gasteiger partial charge in [-0.15, -0.1) is 0 Å². The molecule has 0 N–H and O–H groups in total. The number of hydrogen-bond acceptors (Lipinski definition) is 1. The van der Waals surface area contributed by atoms with E-state index in [4.69, 9.17) is 0 Å². The minimum atomic E-state index is 0.340. The number of fused-ring (bicyclic) bond motifs is 1. The Morgan fingerprint density at radius 1 is 1.12 bits per heavy atom. The maximum absolute atomic E-state index is 4.60. The molecular weight excluding hydrogens is 609 g/mol. The van der Waals surface area contributed by atoms with Crippen molar-refractivity contribution in [2.45, 2.75) is 82.6 Å². The summed E-state index contributed by atoms with van der Waals surface area (Å²) >= 11 is 2.71. The zero-order valence-corrected chi connectivity index (χ0v) is 27.7. The fraction of sp³-hybridized carbons (Fsp3) is 0.487. The third kappa shape index (κ3) is 6.63. The van der Waals surface area contributed by atoms with E-state index in [-0.39, 0.29) is 0 Å². The largest absolute Gasteiger partial charge is 0.333 e. The predicted molar refractivity (Wildman–Crippen MR) is 186 cm³/mol. The molecule has 2 heteroatoms. The molecule has 1 nitrogen and oxygen atoms in total. The highest BCUT2D eigenvalue weighted by Gasteiger charge is 2.47. The van der Waals surface area contributed by atoms with Gasteiger partial charge in [0.1, 0.15) is 0 Å². The van der Waals surface area contributed by atoms with Gasteiger partial charge in [-0.05, 0) is 101 Å².